The minimum absolute atomic E-state index is 0.431. The third-order valence-electron chi connectivity index (χ3n) is 1.38. The van der Waals surface area contributed by atoms with Crippen LogP contribution in [0.25, 0.3) is 0 Å². The van der Waals surface area contributed by atoms with Crippen LogP contribution in [0, 0.1) is 0 Å². The third kappa shape index (κ3) is 2.32. The average molecular weight is 398 g/mol. The number of alkyl halides is 3. The Balaban J connectivity index is 2.69. The summed E-state index contributed by atoms with van der Waals surface area (Å²) >= 11 is 14.2. The van der Waals surface area contributed by atoms with Gasteiger partial charge < -0.3 is 0 Å². The van der Waals surface area contributed by atoms with Crippen LogP contribution in [0.5, 0.6) is 0 Å². The molecule has 0 saturated carbocycles. The van der Waals surface area contributed by atoms with Crippen molar-refractivity contribution in [2.75, 3.05) is 0 Å². The van der Waals surface area contributed by atoms with E-state index in [0.717, 1.165) is 6.42 Å². The fraction of sp³-hybridized carbons (Fsp3) is 0.667. The maximum atomic E-state index is 3.59. The molecule has 58 valence electrons. The van der Waals surface area contributed by atoms with E-state index in [4.69, 9.17) is 0 Å². The van der Waals surface area contributed by atoms with Crippen molar-refractivity contribution in [2.24, 2.45) is 0 Å². The van der Waals surface area contributed by atoms with Crippen molar-refractivity contribution in [3.8, 4) is 0 Å². The largest absolute Gasteiger partial charge is 0.0874 e. The van der Waals surface area contributed by atoms with Gasteiger partial charge in [0.25, 0.3) is 0 Å². The highest BCUT2D eigenvalue weighted by Gasteiger charge is 2.26. The standard InChI is InChI=1S/C6H6Br4/c7-3-1-4(8)6(10)5(9)2-3/h1,4-6H,2H2/t4-,5-,6+/m1/s1. The van der Waals surface area contributed by atoms with E-state index >= 15 is 0 Å². The van der Waals surface area contributed by atoms with Crippen molar-refractivity contribution in [3.05, 3.63) is 10.6 Å². The van der Waals surface area contributed by atoms with Gasteiger partial charge in [0.2, 0.25) is 0 Å². The molecule has 3 atom stereocenters. The quantitative estimate of drug-likeness (QED) is 0.543. The summed E-state index contributed by atoms with van der Waals surface area (Å²) in [6, 6.07) is 0. The van der Waals surface area contributed by atoms with Gasteiger partial charge in [-0.3, -0.25) is 0 Å². The predicted octanol–water partition coefficient (Wildman–Crippen LogP) is 3.96. The van der Waals surface area contributed by atoms with E-state index in [2.05, 4.69) is 69.8 Å². The van der Waals surface area contributed by atoms with Crippen LogP contribution in [0.15, 0.2) is 10.6 Å². The van der Waals surface area contributed by atoms with E-state index in [1.54, 1.807) is 0 Å². The lowest BCUT2D eigenvalue weighted by Gasteiger charge is -2.24. The van der Waals surface area contributed by atoms with Gasteiger partial charge in [-0.2, -0.15) is 0 Å². The van der Waals surface area contributed by atoms with E-state index in [1.807, 2.05) is 0 Å². The molecule has 0 nitrogen and oxygen atoms in total. The second-order valence-corrected chi connectivity index (χ2v) is 6.53. The first kappa shape index (κ1) is 9.75. The van der Waals surface area contributed by atoms with Crippen molar-refractivity contribution in [3.63, 3.8) is 0 Å². The third-order valence-corrected chi connectivity index (χ3v) is 6.32. The minimum atomic E-state index is 0.431. The zero-order valence-electron chi connectivity index (χ0n) is 5.03. The maximum Gasteiger partial charge on any atom is 0.0472 e. The van der Waals surface area contributed by atoms with Crippen LogP contribution in [0.3, 0.4) is 0 Å². The van der Waals surface area contributed by atoms with Crippen molar-refractivity contribution in [2.45, 2.75) is 20.9 Å². The molecule has 0 aromatic rings. The number of hydrogen-bond acceptors (Lipinski definition) is 0. The number of rotatable bonds is 0. The molecule has 0 saturated heterocycles. The molecule has 0 heterocycles. The number of hydrogen-bond donors (Lipinski definition) is 0. The van der Waals surface area contributed by atoms with Gasteiger partial charge in [0.1, 0.15) is 0 Å². The normalized spacial score (nSPS) is 41.2. The smallest absolute Gasteiger partial charge is 0.0472 e. The summed E-state index contributed by atoms with van der Waals surface area (Å²) in [6.45, 7) is 0. The summed E-state index contributed by atoms with van der Waals surface area (Å²) in [5.41, 5.74) is 0. The van der Waals surface area contributed by atoms with Crippen molar-refractivity contribution >= 4 is 63.7 Å². The van der Waals surface area contributed by atoms with Crippen molar-refractivity contribution < 1.29 is 0 Å². The van der Waals surface area contributed by atoms with E-state index in [1.165, 1.54) is 4.48 Å². The SMILES string of the molecule is BrC1=C[C@@H](Br)[C@H](Br)[C@H](Br)C1. The molecular formula is C6H6Br4. The zero-order valence-corrected chi connectivity index (χ0v) is 11.4. The monoisotopic (exact) mass is 394 g/mol. The van der Waals surface area contributed by atoms with Crippen molar-refractivity contribution in [1.82, 2.24) is 0 Å². The number of halogens is 4. The summed E-state index contributed by atoms with van der Waals surface area (Å²) < 4.78 is 1.27. The van der Waals surface area contributed by atoms with Gasteiger partial charge in [0.15, 0.2) is 0 Å². The van der Waals surface area contributed by atoms with Crippen molar-refractivity contribution in [1.29, 1.82) is 0 Å². The molecule has 0 amide bonds. The van der Waals surface area contributed by atoms with Crippen LogP contribution in [-0.2, 0) is 0 Å². The Morgan fingerprint density at radius 1 is 1.30 bits per heavy atom. The topological polar surface area (TPSA) is 0 Å². The Bertz CT molecular complexity index is 154. The molecule has 0 spiro atoms. The highest BCUT2D eigenvalue weighted by atomic mass is 79.9. The first-order valence-electron chi connectivity index (χ1n) is 2.89. The molecular weight excluding hydrogens is 392 g/mol. The van der Waals surface area contributed by atoms with Gasteiger partial charge in [-0.15, -0.1) is 0 Å². The first-order valence-corrected chi connectivity index (χ1v) is 6.43. The molecule has 0 aromatic heterocycles. The minimum Gasteiger partial charge on any atom is -0.0874 e. The van der Waals surface area contributed by atoms with Crippen LogP contribution in [0.4, 0.5) is 0 Å². The van der Waals surface area contributed by atoms with Crippen LogP contribution >= 0.6 is 63.7 Å². The predicted molar refractivity (Wildman–Crippen MR) is 59.8 cm³/mol. The summed E-state index contributed by atoms with van der Waals surface area (Å²) in [7, 11) is 0. The highest BCUT2D eigenvalue weighted by molar-refractivity contribution is 9.14. The average Bonchev–Trinajstić information content (AvgIpc) is 1.82. The molecule has 0 aromatic carbocycles. The maximum absolute atomic E-state index is 3.59. The van der Waals surface area contributed by atoms with Crippen LogP contribution in [0.2, 0.25) is 0 Å². The zero-order chi connectivity index (χ0) is 7.72. The molecule has 1 aliphatic carbocycles. The van der Waals surface area contributed by atoms with Gasteiger partial charge in [-0.05, 0) is 10.9 Å². The Hall–Kier alpha value is 1.66. The van der Waals surface area contributed by atoms with Crippen LogP contribution in [0.1, 0.15) is 6.42 Å². The van der Waals surface area contributed by atoms with E-state index in [0.29, 0.717) is 14.5 Å². The van der Waals surface area contributed by atoms with Gasteiger partial charge in [-0.25, -0.2) is 0 Å². The molecule has 4 heteroatoms. The fourth-order valence-corrected chi connectivity index (χ4v) is 4.37. The lowest BCUT2D eigenvalue weighted by Crippen LogP contribution is -2.26. The second-order valence-electron chi connectivity index (χ2n) is 2.22. The molecule has 1 rings (SSSR count). The first-order chi connectivity index (χ1) is 4.61. The molecule has 0 bridgehead atoms. The van der Waals surface area contributed by atoms with E-state index in [-0.39, 0.29) is 0 Å². The summed E-state index contributed by atoms with van der Waals surface area (Å²) in [6.07, 6.45) is 3.25. The second kappa shape index (κ2) is 4.06. The lowest BCUT2D eigenvalue weighted by atomic mass is 10.1. The van der Waals surface area contributed by atoms with E-state index < -0.39 is 0 Å². The fourth-order valence-electron chi connectivity index (χ4n) is 0.831. The Kier molecular flexibility index (Phi) is 3.95. The van der Waals surface area contributed by atoms with Crippen LogP contribution in [-0.4, -0.2) is 14.5 Å². The molecule has 0 unspecified atom stereocenters. The molecule has 10 heavy (non-hydrogen) atoms. The van der Waals surface area contributed by atoms with Crippen LogP contribution < -0.4 is 0 Å². The lowest BCUT2D eigenvalue weighted by molar-refractivity contribution is 0.801. The molecule has 0 N–H and O–H groups in total. The Morgan fingerprint density at radius 2 is 1.90 bits per heavy atom. The number of allylic oxidation sites excluding steroid dienone is 2. The molecule has 0 radical (unpaired) electrons. The van der Waals surface area contributed by atoms with E-state index in [9.17, 15) is 0 Å². The highest BCUT2D eigenvalue weighted by Crippen LogP contribution is 2.35. The van der Waals surface area contributed by atoms with Gasteiger partial charge in [-0.1, -0.05) is 69.8 Å². The van der Waals surface area contributed by atoms with Gasteiger partial charge >= 0.3 is 0 Å². The Morgan fingerprint density at radius 3 is 2.40 bits per heavy atom. The van der Waals surface area contributed by atoms with Gasteiger partial charge in [0.05, 0.1) is 0 Å². The summed E-state index contributed by atoms with van der Waals surface area (Å²) in [5.74, 6) is 0. The molecule has 1 aliphatic rings. The Labute approximate surface area is 94.3 Å². The van der Waals surface area contributed by atoms with Gasteiger partial charge in [0, 0.05) is 14.5 Å². The molecule has 0 fully saturated rings. The molecule has 0 aliphatic heterocycles. The summed E-state index contributed by atoms with van der Waals surface area (Å²) in [4.78, 5) is 1.45. The summed E-state index contributed by atoms with van der Waals surface area (Å²) in [5, 5.41) is 0.